The average Bonchev–Trinajstić information content (AvgIpc) is 2.63. The first-order valence-electron chi connectivity index (χ1n) is 4.86. The smallest absolute Gasteiger partial charge is 0.201 e. The van der Waals surface area contributed by atoms with Crippen LogP contribution in [0, 0.1) is 18.6 Å². The van der Waals surface area contributed by atoms with Crippen molar-refractivity contribution in [1.82, 2.24) is 0 Å². The van der Waals surface area contributed by atoms with E-state index in [1.807, 2.05) is 0 Å². The SMILES string of the molecule is Cc1ccc(F)c(C(=O)c2cc(Cl)sc2Cl)c1F. The second-order valence-corrected chi connectivity index (χ2v) is 5.91. The molecule has 0 aliphatic heterocycles. The Bertz CT molecular complexity index is 637. The first kappa shape index (κ1) is 13.5. The van der Waals surface area contributed by atoms with Gasteiger partial charge < -0.3 is 0 Å². The molecule has 0 radical (unpaired) electrons. The Morgan fingerprint density at radius 1 is 1.28 bits per heavy atom. The van der Waals surface area contributed by atoms with Crippen LogP contribution in [0.1, 0.15) is 21.5 Å². The molecule has 2 rings (SSSR count). The lowest BCUT2D eigenvalue weighted by Crippen LogP contribution is -2.08. The van der Waals surface area contributed by atoms with Crippen LogP contribution in [-0.2, 0) is 0 Å². The van der Waals surface area contributed by atoms with E-state index < -0.39 is 23.0 Å². The highest BCUT2D eigenvalue weighted by atomic mass is 35.5. The number of hydrogen-bond acceptors (Lipinski definition) is 2. The molecular formula is C12H6Cl2F2OS. The fourth-order valence-corrected chi connectivity index (χ4v) is 2.95. The Kier molecular flexibility index (Phi) is 3.71. The lowest BCUT2D eigenvalue weighted by Gasteiger charge is -2.05. The summed E-state index contributed by atoms with van der Waals surface area (Å²) in [4.78, 5) is 12.1. The number of hydrogen-bond donors (Lipinski definition) is 0. The minimum absolute atomic E-state index is 0.00932. The second kappa shape index (κ2) is 4.96. The third-order valence-electron chi connectivity index (χ3n) is 2.41. The lowest BCUT2D eigenvalue weighted by atomic mass is 10.0. The van der Waals surface area contributed by atoms with Crippen LogP contribution < -0.4 is 0 Å². The third kappa shape index (κ3) is 2.28. The molecule has 6 heteroatoms. The van der Waals surface area contributed by atoms with Crippen molar-refractivity contribution in [3.8, 4) is 0 Å². The number of thiophene rings is 1. The van der Waals surface area contributed by atoms with Crippen molar-refractivity contribution in [1.29, 1.82) is 0 Å². The summed E-state index contributed by atoms with van der Waals surface area (Å²) in [6, 6.07) is 3.62. The Morgan fingerprint density at radius 2 is 1.94 bits per heavy atom. The van der Waals surface area contributed by atoms with Crippen LogP contribution in [0.2, 0.25) is 8.67 Å². The zero-order valence-electron chi connectivity index (χ0n) is 9.06. The molecule has 0 amide bonds. The second-order valence-electron chi connectivity index (χ2n) is 3.62. The molecule has 0 bridgehead atoms. The van der Waals surface area contributed by atoms with Crippen LogP contribution in [0.15, 0.2) is 18.2 Å². The number of carbonyl (C=O) groups excluding carboxylic acids is 1. The van der Waals surface area contributed by atoms with Crippen LogP contribution in [0.4, 0.5) is 8.78 Å². The van der Waals surface area contributed by atoms with Crippen LogP contribution in [0.25, 0.3) is 0 Å². The zero-order valence-corrected chi connectivity index (χ0v) is 11.4. The Balaban J connectivity index is 2.60. The van der Waals surface area contributed by atoms with Gasteiger partial charge in [-0.05, 0) is 24.6 Å². The van der Waals surface area contributed by atoms with E-state index in [-0.39, 0.29) is 19.8 Å². The first-order valence-corrected chi connectivity index (χ1v) is 6.43. The van der Waals surface area contributed by atoms with Gasteiger partial charge in [-0.2, -0.15) is 0 Å². The third-order valence-corrected chi connectivity index (χ3v) is 3.90. The quantitative estimate of drug-likeness (QED) is 0.723. The lowest BCUT2D eigenvalue weighted by molar-refractivity contribution is 0.103. The fraction of sp³-hybridized carbons (Fsp3) is 0.0833. The molecular weight excluding hydrogens is 301 g/mol. The van der Waals surface area contributed by atoms with E-state index in [1.54, 1.807) is 0 Å². The molecule has 0 N–H and O–H groups in total. The van der Waals surface area contributed by atoms with Gasteiger partial charge in [0.25, 0.3) is 0 Å². The average molecular weight is 307 g/mol. The van der Waals surface area contributed by atoms with Gasteiger partial charge in [-0.25, -0.2) is 8.78 Å². The molecule has 0 spiro atoms. The number of ketones is 1. The van der Waals surface area contributed by atoms with Crippen molar-refractivity contribution in [2.24, 2.45) is 0 Å². The van der Waals surface area contributed by atoms with Crippen LogP contribution in [0.5, 0.6) is 0 Å². The van der Waals surface area contributed by atoms with Gasteiger partial charge in [-0.1, -0.05) is 29.3 Å². The maximum absolute atomic E-state index is 13.8. The minimum Gasteiger partial charge on any atom is -0.288 e. The fourth-order valence-electron chi connectivity index (χ4n) is 1.49. The molecule has 18 heavy (non-hydrogen) atoms. The number of halogens is 4. The molecule has 0 fully saturated rings. The standard InChI is InChI=1S/C12H6Cl2F2OS/c1-5-2-3-7(15)9(10(5)16)11(17)6-4-8(13)18-12(6)14/h2-4H,1H3. The molecule has 94 valence electrons. The van der Waals surface area contributed by atoms with Crippen LogP contribution in [0.3, 0.4) is 0 Å². The number of benzene rings is 1. The van der Waals surface area contributed by atoms with Gasteiger partial charge >= 0.3 is 0 Å². The van der Waals surface area contributed by atoms with Gasteiger partial charge in [0.2, 0.25) is 5.78 Å². The van der Waals surface area contributed by atoms with E-state index in [9.17, 15) is 13.6 Å². The normalized spacial score (nSPS) is 10.7. The number of aryl methyl sites for hydroxylation is 1. The van der Waals surface area contributed by atoms with E-state index in [0.29, 0.717) is 0 Å². The molecule has 0 saturated heterocycles. The van der Waals surface area contributed by atoms with Gasteiger partial charge in [0.05, 0.1) is 15.5 Å². The molecule has 1 aromatic heterocycles. The molecule has 0 aliphatic rings. The topological polar surface area (TPSA) is 17.1 Å². The van der Waals surface area contributed by atoms with Gasteiger partial charge in [-0.3, -0.25) is 4.79 Å². The Morgan fingerprint density at radius 3 is 2.50 bits per heavy atom. The summed E-state index contributed by atoms with van der Waals surface area (Å²) >= 11 is 12.5. The van der Waals surface area contributed by atoms with Crippen LogP contribution in [-0.4, -0.2) is 5.78 Å². The largest absolute Gasteiger partial charge is 0.288 e. The summed E-state index contributed by atoms with van der Waals surface area (Å²) in [5.74, 6) is -2.60. The monoisotopic (exact) mass is 306 g/mol. The first-order chi connectivity index (χ1) is 8.41. The molecule has 0 atom stereocenters. The van der Waals surface area contributed by atoms with Crippen molar-refractivity contribution in [3.05, 3.63) is 55.2 Å². The van der Waals surface area contributed by atoms with Crippen molar-refractivity contribution in [3.63, 3.8) is 0 Å². The highest BCUT2D eigenvalue weighted by Crippen LogP contribution is 2.33. The van der Waals surface area contributed by atoms with E-state index in [2.05, 4.69) is 0 Å². The molecule has 1 aromatic carbocycles. The van der Waals surface area contributed by atoms with Crippen molar-refractivity contribution in [2.75, 3.05) is 0 Å². The summed E-state index contributed by atoms with van der Waals surface area (Å²) < 4.78 is 27.8. The summed E-state index contributed by atoms with van der Waals surface area (Å²) in [7, 11) is 0. The van der Waals surface area contributed by atoms with E-state index in [4.69, 9.17) is 23.2 Å². The molecule has 0 aliphatic carbocycles. The van der Waals surface area contributed by atoms with Crippen LogP contribution >= 0.6 is 34.5 Å². The van der Waals surface area contributed by atoms with Gasteiger partial charge in [0.1, 0.15) is 16.0 Å². The highest BCUT2D eigenvalue weighted by molar-refractivity contribution is 7.20. The Labute approximate surface area is 116 Å². The maximum atomic E-state index is 13.8. The number of carbonyl (C=O) groups is 1. The predicted molar refractivity (Wildman–Crippen MR) is 68.9 cm³/mol. The summed E-state index contributed by atoms with van der Waals surface area (Å²) in [6.45, 7) is 1.45. The molecule has 0 saturated carbocycles. The van der Waals surface area contributed by atoms with E-state index >= 15 is 0 Å². The summed E-state index contributed by atoms with van der Waals surface area (Å²) in [5, 5.41) is 0. The maximum Gasteiger partial charge on any atom is 0.201 e. The van der Waals surface area contributed by atoms with Gasteiger partial charge in [0.15, 0.2) is 0 Å². The summed E-state index contributed by atoms with van der Waals surface area (Å²) in [5.41, 5.74) is -0.404. The van der Waals surface area contributed by atoms with Crippen molar-refractivity contribution >= 4 is 40.3 Å². The van der Waals surface area contributed by atoms with E-state index in [1.165, 1.54) is 19.1 Å². The predicted octanol–water partition coefficient (Wildman–Crippen LogP) is 4.87. The van der Waals surface area contributed by atoms with Crippen molar-refractivity contribution in [2.45, 2.75) is 6.92 Å². The summed E-state index contributed by atoms with van der Waals surface area (Å²) in [6.07, 6.45) is 0. The van der Waals surface area contributed by atoms with Gasteiger partial charge in [-0.15, -0.1) is 11.3 Å². The Hall–Kier alpha value is -0.970. The molecule has 1 nitrogen and oxygen atoms in total. The minimum atomic E-state index is -0.915. The molecule has 1 heterocycles. The van der Waals surface area contributed by atoms with E-state index in [0.717, 1.165) is 17.4 Å². The highest BCUT2D eigenvalue weighted by Gasteiger charge is 2.23. The zero-order chi connectivity index (χ0) is 13.4. The molecule has 2 aromatic rings. The van der Waals surface area contributed by atoms with Crippen molar-refractivity contribution < 1.29 is 13.6 Å². The van der Waals surface area contributed by atoms with Gasteiger partial charge in [0, 0.05) is 0 Å². The molecule has 0 unspecified atom stereocenters. The number of rotatable bonds is 2.